The lowest BCUT2D eigenvalue weighted by molar-refractivity contribution is -0.125. The Morgan fingerprint density at radius 2 is 2.00 bits per heavy atom. The molecule has 1 atom stereocenters. The van der Waals surface area contributed by atoms with E-state index in [9.17, 15) is 9.18 Å². The fourth-order valence-corrected chi connectivity index (χ4v) is 2.44. The number of ketones is 1. The Labute approximate surface area is 115 Å². The Morgan fingerprint density at radius 1 is 1.33 bits per heavy atom. The molecular formula is C14H11Cl2FO. The van der Waals surface area contributed by atoms with E-state index in [2.05, 4.69) is 0 Å². The van der Waals surface area contributed by atoms with Gasteiger partial charge < -0.3 is 0 Å². The molecule has 0 N–H and O–H groups in total. The first-order chi connectivity index (χ1) is 8.44. The van der Waals surface area contributed by atoms with Crippen LogP contribution in [0, 0.1) is 0 Å². The summed E-state index contributed by atoms with van der Waals surface area (Å²) in [6, 6.07) is 7.18. The van der Waals surface area contributed by atoms with Gasteiger partial charge in [-0.3, -0.25) is 4.79 Å². The molecule has 0 amide bonds. The molecule has 0 spiro atoms. The average Bonchev–Trinajstić information content (AvgIpc) is 2.30. The van der Waals surface area contributed by atoms with E-state index in [1.807, 2.05) is 18.2 Å². The molecule has 0 bridgehead atoms. The molecule has 1 nitrogen and oxygen atoms in total. The fourth-order valence-electron chi connectivity index (χ4n) is 1.84. The van der Waals surface area contributed by atoms with Crippen LogP contribution in [0.25, 0.3) is 5.57 Å². The van der Waals surface area contributed by atoms with E-state index in [1.54, 1.807) is 6.07 Å². The van der Waals surface area contributed by atoms with Crippen molar-refractivity contribution >= 4 is 34.6 Å². The second-order valence-electron chi connectivity index (χ2n) is 4.23. The maximum absolute atomic E-state index is 14.1. The summed E-state index contributed by atoms with van der Waals surface area (Å²) in [7, 11) is 0. The van der Waals surface area contributed by atoms with Crippen molar-refractivity contribution in [3.63, 3.8) is 0 Å². The fraction of sp³-hybridized carbons (Fsp3) is 0.214. The summed E-state index contributed by atoms with van der Waals surface area (Å²) in [6.07, 6.45) is 2.63. The van der Waals surface area contributed by atoms with Crippen molar-refractivity contribution in [3.05, 3.63) is 52.0 Å². The Hall–Kier alpha value is -1.12. The van der Waals surface area contributed by atoms with Gasteiger partial charge in [0.1, 0.15) is 0 Å². The highest BCUT2D eigenvalue weighted by atomic mass is 35.5. The van der Waals surface area contributed by atoms with Gasteiger partial charge in [0, 0.05) is 22.0 Å². The van der Waals surface area contributed by atoms with Crippen molar-refractivity contribution in [3.8, 4) is 0 Å². The van der Waals surface area contributed by atoms with Crippen LogP contribution < -0.4 is 0 Å². The Balaban J connectivity index is 2.42. The molecule has 1 unspecified atom stereocenters. The van der Waals surface area contributed by atoms with Gasteiger partial charge in [0.25, 0.3) is 0 Å². The van der Waals surface area contributed by atoms with E-state index in [1.165, 1.54) is 19.1 Å². The van der Waals surface area contributed by atoms with Crippen LogP contribution in [0.2, 0.25) is 5.02 Å². The number of halogens is 3. The van der Waals surface area contributed by atoms with E-state index in [4.69, 9.17) is 23.2 Å². The largest absolute Gasteiger partial charge is 0.296 e. The highest BCUT2D eigenvalue weighted by Crippen LogP contribution is 2.39. The number of allylic oxidation sites excluding steroid dienone is 4. The summed E-state index contributed by atoms with van der Waals surface area (Å²) in [5.74, 6) is -0.546. The number of rotatable bonds is 2. The topological polar surface area (TPSA) is 17.1 Å². The molecule has 0 saturated carbocycles. The monoisotopic (exact) mass is 284 g/mol. The van der Waals surface area contributed by atoms with Gasteiger partial charge in [0.15, 0.2) is 11.5 Å². The summed E-state index contributed by atoms with van der Waals surface area (Å²) >= 11 is 12.2. The van der Waals surface area contributed by atoms with Crippen LogP contribution in [-0.2, 0) is 4.79 Å². The molecule has 1 aliphatic carbocycles. The first kappa shape index (κ1) is 13.3. The van der Waals surface area contributed by atoms with E-state index in [-0.39, 0.29) is 6.42 Å². The predicted octanol–water partition coefficient (Wildman–Crippen LogP) is 4.55. The minimum Gasteiger partial charge on any atom is -0.296 e. The maximum Gasteiger partial charge on any atom is 0.191 e. The third-order valence-electron chi connectivity index (χ3n) is 2.97. The lowest BCUT2D eigenvalue weighted by Gasteiger charge is -2.23. The van der Waals surface area contributed by atoms with Crippen LogP contribution >= 0.6 is 23.2 Å². The minimum atomic E-state index is -2.00. The van der Waals surface area contributed by atoms with Gasteiger partial charge in [-0.1, -0.05) is 47.5 Å². The van der Waals surface area contributed by atoms with Gasteiger partial charge in [-0.15, -0.1) is 0 Å². The van der Waals surface area contributed by atoms with E-state index in [0.717, 1.165) is 5.56 Å². The standard InChI is InChI=1S/C14H11Cl2FO/c1-9(18)14(17)7-6-11(13(16)8-14)10-4-2-3-5-12(10)15/h2-7H,8H2,1H3. The van der Waals surface area contributed by atoms with E-state index in [0.29, 0.717) is 15.6 Å². The Bertz CT molecular complexity index is 563. The average molecular weight is 285 g/mol. The zero-order valence-electron chi connectivity index (χ0n) is 9.71. The molecule has 1 aliphatic rings. The quantitative estimate of drug-likeness (QED) is 0.779. The number of hydrogen-bond acceptors (Lipinski definition) is 1. The third kappa shape index (κ3) is 2.36. The van der Waals surface area contributed by atoms with Crippen molar-refractivity contribution < 1.29 is 9.18 Å². The Kier molecular flexibility index (Phi) is 3.60. The molecule has 0 saturated heterocycles. The molecule has 0 fully saturated rings. The number of carbonyl (C=O) groups excluding carboxylic acids is 1. The number of benzene rings is 1. The molecule has 4 heteroatoms. The SMILES string of the molecule is CC(=O)C1(F)C=CC(c2ccccc2Cl)=C(Cl)C1. The van der Waals surface area contributed by atoms with Crippen molar-refractivity contribution in [2.75, 3.05) is 0 Å². The van der Waals surface area contributed by atoms with Gasteiger partial charge in [0.05, 0.1) is 0 Å². The number of Topliss-reactive ketones (excluding diaryl/α,β-unsaturated/α-hetero) is 1. The Morgan fingerprint density at radius 3 is 2.56 bits per heavy atom. The van der Waals surface area contributed by atoms with Crippen LogP contribution in [-0.4, -0.2) is 11.5 Å². The van der Waals surface area contributed by atoms with Crippen LogP contribution in [0.1, 0.15) is 18.9 Å². The normalized spacial score (nSPS) is 23.3. The first-order valence-corrected chi connectivity index (χ1v) is 6.22. The summed E-state index contributed by atoms with van der Waals surface area (Å²) in [5.41, 5.74) is -0.593. The lowest BCUT2D eigenvalue weighted by atomic mass is 9.88. The third-order valence-corrected chi connectivity index (χ3v) is 3.64. The lowest BCUT2D eigenvalue weighted by Crippen LogP contribution is -2.31. The van der Waals surface area contributed by atoms with Crippen molar-refractivity contribution in [2.24, 2.45) is 0 Å². The molecule has 94 valence electrons. The van der Waals surface area contributed by atoms with Crippen molar-refractivity contribution in [1.82, 2.24) is 0 Å². The van der Waals surface area contributed by atoms with Crippen LogP contribution in [0.3, 0.4) is 0 Å². The molecule has 2 rings (SSSR count). The maximum atomic E-state index is 14.1. The van der Waals surface area contributed by atoms with Gasteiger partial charge >= 0.3 is 0 Å². The van der Waals surface area contributed by atoms with E-state index >= 15 is 0 Å². The zero-order valence-corrected chi connectivity index (χ0v) is 11.2. The number of hydrogen-bond donors (Lipinski definition) is 0. The second-order valence-corrected chi connectivity index (χ2v) is 5.09. The van der Waals surface area contributed by atoms with Gasteiger partial charge in [-0.05, 0) is 24.6 Å². The second kappa shape index (κ2) is 4.87. The van der Waals surface area contributed by atoms with Gasteiger partial charge in [-0.2, -0.15) is 0 Å². The highest BCUT2D eigenvalue weighted by Gasteiger charge is 2.36. The summed E-state index contributed by atoms with van der Waals surface area (Å²) < 4.78 is 14.1. The smallest absolute Gasteiger partial charge is 0.191 e. The van der Waals surface area contributed by atoms with Crippen LogP contribution in [0.4, 0.5) is 4.39 Å². The molecule has 0 radical (unpaired) electrons. The van der Waals surface area contributed by atoms with Crippen molar-refractivity contribution in [1.29, 1.82) is 0 Å². The summed E-state index contributed by atoms with van der Waals surface area (Å²) in [4.78, 5) is 11.2. The highest BCUT2D eigenvalue weighted by molar-refractivity contribution is 6.36. The van der Waals surface area contributed by atoms with Crippen LogP contribution in [0.5, 0.6) is 0 Å². The predicted molar refractivity (Wildman–Crippen MR) is 72.5 cm³/mol. The molecule has 0 aliphatic heterocycles. The van der Waals surface area contributed by atoms with E-state index < -0.39 is 11.5 Å². The molecule has 18 heavy (non-hydrogen) atoms. The number of carbonyl (C=O) groups is 1. The zero-order chi connectivity index (χ0) is 13.3. The first-order valence-electron chi connectivity index (χ1n) is 5.47. The van der Waals surface area contributed by atoms with Crippen molar-refractivity contribution in [2.45, 2.75) is 19.0 Å². The van der Waals surface area contributed by atoms with Gasteiger partial charge in [0.2, 0.25) is 0 Å². The number of alkyl halides is 1. The molecule has 0 aromatic heterocycles. The molecule has 0 heterocycles. The molecule has 1 aromatic carbocycles. The summed E-state index contributed by atoms with van der Waals surface area (Å²) in [6.45, 7) is 1.22. The van der Waals surface area contributed by atoms with Gasteiger partial charge in [-0.25, -0.2) is 4.39 Å². The van der Waals surface area contributed by atoms with Crippen LogP contribution in [0.15, 0.2) is 41.4 Å². The summed E-state index contributed by atoms with van der Waals surface area (Å²) in [5, 5.41) is 0.854. The molecular weight excluding hydrogens is 274 g/mol. The molecule has 1 aromatic rings. The minimum absolute atomic E-state index is 0.138.